The van der Waals surface area contributed by atoms with Crippen molar-refractivity contribution in [2.24, 2.45) is 7.05 Å². The van der Waals surface area contributed by atoms with Crippen LogP contribution in [0, 0.1) is 13.8 Å². The maximum Gasteiger partial charge on any atom is 0.220 e. The summed E-state index contributed by atoms with van der Waals surface area (Å²) in [6.07, 6.45) is 0. The van der Waals surface area contributed by atoms with Gasteiger partial charge >= 0.3 is 0 Å². The molecule has 122 valence electrons. The number of hydrogen-bond donors (Lipinski definition) is 0. The SMILES string of the molecule is Cc1ccc(-c2ccccc2)cc1-c1c2ccccc2cc(C)[n+]1C. The molecule has 0 saturated heterocycles. The normalized spacial score (nSPS) is 11.0. The summed E-state index contributed by atoms with van der Waals surface area (Å²) >= 11 is 0. The minimum Gasteiger partial charge on any atom is -0.198 e. The zero-order valence-corrected chi connectivity index (χ0v) is 15.0. The number of pyridine rings is 1. The highest BCUT2D eigenvalue weighted by molar-refractivity contribution is 5.94. The van der Waals surface area contributed by atoms with E-state index < -0.39 is 0 Å². The van der Waals surface area contributed by atoms with E-state index in [0.717, 1.165) is 0 Å². The van der Waals surface area contributed by atoms with Gasteiger partial charge in [-0.2, -0.15) is 4.57 Å². The highest BCUT2D eigenvalue weighted by Gasteiger charge is 2.19. The van der Waals surface area contributed by atoms with Gasteiger partial charge < -0.3 is 0 Å². The van der Waals surface area contributed by atoms with E-state index in [4.69, 9.17) is 0 Å². The Morgan fingerprint density at radius 3 is 2.20 bits per heavy atom. The van der Waals surface area contributed by atoms with Gasteiger partial charge in [0.05, 0.1) is 10.9 Å². The summed E-state index contributed by atoms with van der Waals surface area (Å²) in [5.74, 6) is 0. The van der Waals surface area contributed by atoms with Crippen molar-refractivity contribution in [2.75, 3.05) is 0 Å². The summed E-state index contributed by atoms with van der Waals surface area (Å²) < 4.78 is 2.30. The maximum atomic E-state index is 2.33. The molecule has 25 heavy (non-hydrogen) atoms. The average Bonchev–Trinajstić information content (AvgIpc) is 2.64. The van der Waals surface area contributed by atoms with Crippen molar-refractivity contribution in [1.29, 1.82) is 0 Å². The van der Waals surface area contributed by atoms with E-state index >= 15 is 0 Å². The minimum atomic E-state index is 1.25. The van der Waals surface area contributed by atoms with Gasteiger partial charge in [0, 0.05) is 13.0 Å². The molecule has 1 heterocycles. The van der Waals surface area contributed by atoms with Crippen LogP contribution in [-0.2, 0) is 7.05 Å². The summed E-state index contributed by atoms with van der Waals surface area (Å²) in [6.45, 7) is 4.37. The molecule has 0 spiro atoms. The number of hydrogen-bond acceptors (Lipinski definition) is 0. The van der Waals surface area contributed by atoms with Gasteiger partial charge in [0.2, 0.25) is 5.69 Å². The number of aryl methyl sites for hydroxylation is 2. The smallest absolute Gasteiger partial charge is 0.198 e. The number of benzene rings is 3. The van der Waals surface area contributed by atoms with Crippen molar-refractivity contribution in [3.8, 4) is 22.4 Å². The largest absolute Gasteiger partial charge is 0.220 e. The van der Waals surface area contributed by atoms with Gasteiger partial charge in [0.15, 0.2) is 5.69 Å². The Morgan fingerprint density at radius 2 is 1.40 bits per heavy atom. The van der Waals surface area contributed by atoms with Crippen LogP contribution in [0.5, 0.6) is 0 Å². The first-order valence-corrected chi connectivity index (χ1v) is 8.70. The highest BCUT2D eigenvalue weighted by Crippen LogP contribution is 2.32. The Bertz CT molecular complexity index is 1060. The van der Waals surface area contributed by atoms with E-state index in [2.05, 4.69) is 104 Å². The molecular formula is C24H22N+. The topological polar surface area (TPSA) is 3.88 Å². The molecule has 0 aliphatic heterocycles. The van der Waals surface area contributed by atoms with Crippen molar-refractivity contribution in [2.45, 2.75) is 13.8 Å². The Balaban J connectivity index is 2.03. The van der Waals surface area contributed by atoms with Crippen molar-refractivity contribution >= 4 is 10.8 Å². The second-order valence-electron chi connectivity index (χ2n) is 6.68. The van der Waals surface area contributed by atoms with E-state index in [1.54, 1.807) is 0 Å². The Labute approximate surface area is 149 Å². The summed E-state index contributed by atoms with van der Waals surface area (Å²) in [6, 6.07) is 28.3. The van der Waals surface area contributed by atoms with E-state index in [0.29, 0.717) is 0 Å². The van der Waals surface area contributed by atoms with Crippen LogP contribution in [-0.4, -0.2) is 0 Å². The fourth-order valence-electron chi connectivity index (χ4n) is 3.53. The van der Waals surface area contributed by atoms with Gasteiger partial charge in [0.25, 0.3) is 0 Å². The van der Waals surface area contributed by atoms with Crippen molar-refractivity contribution < 1.29 is 4.57 Å². The molecular weight excluding hydrogens is 302 g/mol. The van der Waals surface area contributed by atoms with E-state index in [-0.39, 0.29) is 0 Å². The van der Waals surface area contributed by atoms with Crippen LogP contribution < -0.4 is 4.57 Å². The van der Waals surface area contributed by atoms with Gasteiger partial charge in [-0.3, -0.25) is 0 Å². The number of nitrogens with zero attached hydrogens (tertiary/aromatic N) is 1. The van der Waals surface area contributed by atoms with Crippen LogP contribution in [0.1, 0.15) is 11.3 Å². The van der Waals surface area contributed by atoms with Crippen molar-refractivity contribution in [3.63, 3.8) is 0 Å². The molecule has 0 fully saturated rings. The lowest BCUT2D eigenvalue weighted by Crippen LogP contribution is -2.35. The molecule has 0 bridgehead atoms. The summed E-state index contributed by atoms with van der Waals surface area (Å²) in [5.41, 5.74) is 7.65. The molecule has 0 radical (unpaired) electrons. The molecule has 0 N–H and O–H groups in total. The van der Waals surface area contributed by atoms with Gasteiger partial charge in [-0.1, -0.05) is 60.7 Å². The number of fused-ring (bicyclic) bond motifs is 1. The lowest BCUT2D eigenvalue weighted by molar-refractivity contribution is -0.665. The maximum absolute atomic E-state index is 2.33. The fourth-order valence-corrected chi connectivity index (χ4v) is 3.53. The first-order chi connectivity index (χ1) is 12.1. The van der Waals surface area contributed by atoms with Crippen LogP contribution in [0.3, 0.4) is 0 Å². The third-order valence-corrected chi connectivity index (χ3v) is 5.04. The third kappa shape index (κ3) is 2.72. The monoisotopic (exact) mass is 324 g/mol. The molecule has 3 aromatic carbocycles. The van der Waals surface area contributed by atoms with Gasteiger partial charge in [-0.05, 0) is 41.1 Å². The third-order valence-electron chi connectivity index (χ3n) is 5.04. The number of aromatic nitrogens is 1. The molecule has 0 saturated carbocycles. The van der Waals surface area contributed by atoms with Gasteiger partial charge in [0.1, 0.15) is 7.05 Å². The minimum absolute atomic E-state index is 1.25. The first-order valence-electron chi connectivity index (χ1n) is 8.70. The molecule has 0 aliphatic carbocycles. The van der Waals surface area contributed by atoms with Crippen LogP contribution in [0.2, 0.25) is 0 Å². The van der Waals surface area contributed by atoms with Gasteiger partial charge in [-0.15, -0.1) is 0 Å². The quantitative estimate of drug-likeness (QED) is 0.422. The van der Waals surface area contributed by atoms with Crippen LogP contribution in [0.15, 0.2) is 78.9 Å². The average molecular weight is 324 g/mol. The number of rotatable bonds is 2. The molecule has 0 aliphatic rings. The van der Waals surface area contributed by atoms with Gasteiger partial charge in [-0.25, -0.2) is 0 Å². The van der Waals surface area contributed by atoms with Crippen LogP contribution in [0.4, 0.5) is 0 Å². The van der Waals surface area contributed by atoms with Crippen molar-refractivity contribution in [3.05, 3.63) is 90.1 Å². The Morgan fingerprint density at radius 1 is 0.680 bits per heavy atom. The summed E-state index contributed by atoms with van der Waals surface area (Å²) in [7, 11) is 2.16. The fraction of sp³-hybridized carbons (Fsp3) is 0.125. The van der Waals surface area contributed by atoms with Crippen LogP contribution in [0.25, 0.3) is 33.2 Å². The lowest BCUT2D eigenvalue weighted by Gasteiger charge is -2.12. The zero-order valence-electron chi connectivity index (χ0n) is 15.0. The molecule has 4 rings (SSSR count). The van der Waals surface area contributed by atoms with Crippen LogP contribution >= 0.6 is 0 Å². The lowest BCUT2D eigenvalue weighted by atomic mass is 9.95. The van der Waals surface area contributed by atoms with E-state index in [9.17, 15) is 0 Å². The molecule has 4 aromatic rings. The summed E-state index contributed by atoms with van der Waals surface area (Å²) in [4.78, 5) is 0. The molecule has 0 atom stereocenters. The highest BCUT2D eigenvalue weighted by atomic mass is 14.9. The molecule has 1 aromatic heterocycles. The molecule has 1 nitrogen and oxygen atoms in total. The van der Waals surface area contributed by atoms with E-state index in [1.807, 2.05) is 0 Å². The summed E-state index contributed by atoms with van der Waals surface area (Å²) in [5, 5.41) is 2.58. The predicted octanol–water partition coefficient (Wildman–Crippen LogP) is 5.62. The molecule has 0 amide bonds. The first kappa shape index (κ1) is 15.6. The second-order valence-corrected chi connectivity index (χ2v) is 6.68. The van der Waals surface area contributed by atoms with Crippen molar-refractivity contribution in [1.82, 2.24) is 0 Å². The molecule has 0 unspecified atom stereocenters. The second kappa shape index (κ2) is 6.18. The zero-order chi connectivity index (χ0) is 17.4. The predicted molar refractivity (Wildman–Crippen MR) is 105 cm³/mol. The Hall–Kier alpha value is -2.93. The Kier molecular flexibility index (Phi) is 3.85. The van der Waals surface area contributed by atoms with E-state index in [1.165, 1.54) is 44.4 Å². The molecule has 1 heteroatoms. The standard InChI is InChI=1S/C24H22N/c1-17-13-14-20(19-9-5-4-6-10-19)16-23(17)24-22-12-8-7-11-21(22)15-18(2)25(24)3/h4-16H,1-3H3/q+1.